The number of benzene rings is 1. The molecule has 1 aromatic carbocycles. The predicted octanol–water partition coefficient (Wildman–Crippen LogP) is 3.48. The van der Waals surface area contributed by atoms with E-state index in [2.05, 4.69) is 24.5 Å². The van der Waals surface area contributed by atoms with Crippen LogP contribution in [-0.2, 0) is 0 Å². The molecule has 6 rings (SSSR count). The molecular weight excluding hydrogens is 380 g/mol. The maximum atomic E-state index is 13.2. The van der Waals surface area contributed by atoms with E-state index in [1.165, 1.54) is 25.3 Å². The summed E-state index contributed by atoms with van der Waals surface area (Å²) in [7, 11) is 0. The van der Waals surface area contributed by atoms with Crippen LogP contribution in [0.1, 0.15) is 62.7 Å². The molecule has 5 fully saturated rings. The number of carbonyl (C=O) groups excluding carboxylic acids is 1. The Kier molecular flexibility index (Phi) is 4.40. The van der Waals surface area contributed by atoms with Crippen LogP contribution in [-0.4, -0.2) is 42.5 Å². The van der Waals surface area contributed by atoms with Crippen LogP contribution in [0, 0.1) is 26.9 Å². The zero-order valence-electron chi connectivity index (χ0n) is 18.0. The summed E-state index contributed by atoms with van der Waals surface area (Å²) in [5.41, 5.74) is 1.47. The van der Waals surface area contributed by atoms with Crippen LogP contribution >= 0.6 is 0 Å². The molecule has 1 amide bonds. The molecule has 0 aromatic heterocycles. The summed E-state index contributed by atoms with van der Waals surface area (Å²) < 4.78 is 0. The molecule has 2 N–H and O–H groups in total. The number of hydrogen-bond donors (Lipinski definition) is 2. The second-order valence-electron chi connectivity index (χ2n) is 11.1. The van der Waals surface area contributed by atoms with E-state index in [1.807, 2.05) is 4.90 Å². The number of nitro benzene ring substituents is 1. The van der Waals surface area contributed by atoms with E-state index in [-0.39, 0.29) is 22.1 Å². The highest BCUT2D eigenvalue weighted by atomic mass is 16.6. The van der Waals surface area contributed by atoms with Gasteiger partial charge in [-0.3, -0.25) is 14.9 Å². The number of carbonyl (C=O) groups is 1. The SMILES string of the molecule is CC12CC3CC(C)(C1)CC(NC(=O)c1ccc(N4CCNCC4)c([N+](=O)[O-])c1)(C3)C2. The fraction of sp³-hybridized carbons (Fsp3) is 0.696. The molecule has 162 valence electrons. The number of piperazine rings is 1. The molecule has 7 heteroatoms. The first-order chi connectivity index (χ1) is 14.2. The van der Waals surface area contributed by atoms with Crippen LogP contribution in [0.3, 0.4) is 0 Å². The maximum Gasteiger partial charge on any atom is 0.293 e. The van der Waals surface area contributed by atoms with E-state index >= 15 is 0 Å². The van der Waals surface area contributed by atoms with Crippen LogP contribution < -0.4 is 15.5 Å². The monoisotopic (exact) mass is 412 g/mol. The fourth-order valence-corrected chi connectivity index (χ4v) is 7.88. The van der Waals surface area contributed by atoms with E-state index in [9.17, 15) is 14.9 Å². The van der Waals surface area contributed by atoms with Gasteiger partial charge in [-0.05, 0) is 67.4 Å². The van der Waals surface area contributed by atoms with Gasteiger partial charge in [-0.1, -0.05) is 13.8 Å². The van der Waals surface area contributed by atoms with Crippen molar-refractivity contribution in [2.75, 3.05) is 31.1 Å². The Hall–Kier alpha value is -2.15. The molecule has 1 aliphatic heterocycles. The third kappa shape index (κ3) is 3.37. The van der Waals surface area contributed by atoms with Crippen molar-refractivity contribution in [2.24, 2.45) is 16.7 Å². The van der Waals surface area contributed by atoms with E-state index in [1.54, 1.807) is 12.1 Å². The van der Waals surface area contributed by atoms with Crippen LogP contribution in [0.2, 0.25) is 0 Å². The Morgan fingerprint density at radius 2 is 1.80 bits per heavy atom. The molecule has 0 radical (unpaired) electrons. The number of anilines is 1. The third-order valence-corrected chi connectivity index (χ3v) is 7.90. The van der Waals surface area contributed by atoms with Crippen LogP contribution in [0.5, 0.6) is 0 Å². The van der Waals surface area contributed by atoms with E-state index in [4.69, 9.17) is 0 Å². The first-order valence-corrected chi connectivity index (χ1v) is 11.3. The minimum Gasteiger partial charge on any atom is -0.363 e. The van der Waals surface area contributed by atoms with E-state index in [0.717, 1.165) is 45.4 Å². The summed E-state index contributed by atoms with van der Waals surface area (Å²) in [5.74, 6) is 0.514. The van der Waals surface area contributed by atoms with Gasteiger partial charge in [0.15, 0.2) is 0 Å². The molecule has 1 aromatic rings. The molecular formula is C23H32N4O3. The summed E-state index contributed by atoms with van der Waals surface area (Å²) in [6.45, 7) is 7.83. The quantitative estimate of drug-likeness (QED) is 0.584. The number of rotatable bonds is 4. The van der Waals surface area contributed by atoms with Crippen LogP contribution in [0.25, 0.3) is 0 Å². The molecule has 1 saturated heterocycles. The number of nitrogens with zero attached hydrogens (tertiary/aromatic N) is 2. The minimum absolute atomic E-state index is 0.0222. The number of amides is 1. The number of nitro groups is 1. The van der Waals surface area contributed by atoms with Crippen molar-refractivity contribution in [1.29, 1.82) is 0 Å². The number of hydrogen-bond acceptors (Lipinski definition) is 5. The van der Waals surface area contributed by atoms with Gasteiger partial charge in [0.2, 0.25) is 0 Å². The molecule has 2 atom stereocenters. The molecule has 0 spiro atoms. The average molecular weight is 413 g/mol. The summed E-state index contributed by atoms with van der Waals surface area (Å²) in [5, 5.41) is 18.4. The van der Waals surface area contributed by atoms with Gasteiger partial charge in [0.25, 0.3) is 11.6 Å². The zero-order chi connectivity index (χ0) is 21.1. The minimum atomic E-state index is -0.360. The molecule has 7 nitrogen and oxygen atoms in total. The van der Waals surface area contributed by atoms with Crippen molar-refractivity contribution >= 4 is 17.3 Å². The van der Waals surface area contributed by atoms with Crippen molar-refractivity contribution in [3.8, 4) is 0 Å². The van der Waals surface area contributed by atoms with Gasteiger partial charge in [-0.25, -0.2) is 0 Å². The smallest absolute Gasteiger partial charge is 0.293 e. The molecule has 30 heavy (non-hydrogen) atoms. The highest BCUT2D eigenvalue weighted by Gasteiger charge is 2.60. The Balaban J connectivity index is 1.40. The first-order valence-electron chi connectivity index (χ1n) is 11.3. The van der Waals surface area contributed by atoms with Gasteiger partial charge in [0.05, 0.1) is 4.92 Å². The van der Waals surface area contributed by atoms with Gasteiger partial charge >= 0.3 is 0 Å². The highest BCUT2D eigenvalue weighted by Crippen LogP contribution is 2.66. The van der Waals surface area contributed by atoms with Crippen LogP contribution in [0.4, 0.5) is 11.4 Å². The zero-order valence-corrected chi connectivity index (χ0v) is 18.0. The standard InChI is InChI=1S/C23H32N4O3/c1-21-10-16-11-22(2,13-21)15-23(12-16,14-21)25-20(28)17-3-4-18(19(9-17)27(29)30)26-7-5-24-6-8-26/h3-4,9,16,24H,5-8,10-15H2,1-2H3,(H,25,28). The van der Waals surface area contributed by atoms with Gasteiger partial charge < -0.3 is 15.5 Å². The lowest BCUT2D eigenvalue weighted by Crippen LogP contribution is -2.65. The largest absolute Gasteiger partial charge is 0.363 e. The van der Waals surface area contributed by atoms with Gasteiger partial charge in [0.1, 0.15) is 5.69 Å². The second kappa shape index (κ2) is 6.67. The van der Waals surface area contributed by atoms with E-state index in [0.29, 0.717) is 28.0 Å². The Labute approximate surface area is 177 Å². The van der Waals surface area contributed by atoms with Gasteiger partial charge in [-0.15, -0.1) is 0 Å². The summed E-state index contributed by atoms with van der Waals surface area (Å²) in [6.07, 6.45) is 6.89. The van der Waals surface area contributed by atoms with Crippen LogP contribution in [0.15, 0.2) is 18.2 Å². The van der Waals surface area contributed by atoms with E-state index < -0.39 is 0 Å². The molecule has 4 bridgehead atoms. The molecule has 5 aliphatic rings. The first kappa shape index (κ1) is 19.8. The van der Waals surface area contributed by atoms with Gasteiger partial charge in [0, 0.05) is 43.3 Å². The number of nitrogens with one attached hydrogen (secondary N) is 2. The Morgan fingerprint density at radius 1 is 1.13 bits per heavy atom. The lowest BCUT2D eigenvalue weighted by Gasteiger charge is -2.65. The fourth-order valence-electron chi connectivity index (χ4n) is 7.88. The molecule has 4 aliphatic carbocycles. The maximum absolute atomic E-state index is 13.2. The average Bonchev–Trinajstić information content (AvgIpc) is 2.65. The van der Waals surface area contributed by atoms with Gasteiger partial charge in [-0.2, -0.15) is 0 Å². The third-order valence-electron chi connectivity index (χ3n) is 7.90. The molecule has 4 saturated carbocycles. The lowest BCUT2D eigenvalue weighted by atomic mass is 9.43. The van der Waals surface area contributed by atoms with Crippen molar-refractivity contribution in [2.45, 2.75) is 57.9 Å². The summed E-state index contributed by atoms with van der Waals surface area (Å²) in [6, 6.07) is 4.97. The van der Waals surface area contributed by atoms with Crippen molar-refractivity contribution < 1.29 is 9.72 Å². The lowest BCUT2D eigenvalue weighted by molar-refractivity contribution is -0.384. The Bertz CT molecular complexity index is 876. The van der Waals surface area contributed by atoms with Crippen molar-refractivity contribution in [3.05, 3.63) is 33.9 Å². The Morgan fingerprint density at radius 3 is 2.40 bits per heavy atom. The topological polar surface area (TPSA) is 87.5 Å². The van der Waals surface area contributed by atoms with Crippen molar-refractivity contribution in [3.63, 3.8) is 0 Å². The summed E-state index contributed by atoms with van der Waals surface area (Å²) >= 11 is 0. The summed E-state index contributed by atoms with van der Waals surface area (Å²) in [4.78, 5) is 26.7. The highest BCUT2D eigenvalue weighted by molar-refractivity contribution is 5.96. The second-order valence-corrected chi connectivity index (χ2v) is 11.1. The molecule has 1 heterocycles. The normalized spacial score (nSPS) is 37.3. The molecule has 2 unspecified atom stereocenters. The van der Waals surface area contributed by atoms with Crippen molar-refractivity contribution in [1.82, 2.24) is 10.6 Å². The predicted molar refractivity (Wildman–Crippen MR) is 116 cm³/mol.